The molecule has 0 saturated heterocycles. The van der Waals surface area contributed by atoms with E-state index in [2.05, 4.69) is 6.07 Å². The van der Waals surface area contributed by atoms with Crippen molar-refractivity contribution in [1.82, 2.24) is 5.06 Å². The number of amides is 1. The van der Waals surface area contributed by atoms with E-state index in [9.17, 15) is 4.79 Å². The molecule has 1 amide bonds. The summed E-state index contributed by atoms with van der Waals surface area (Å²) in [5.41, 5.74) is 0.998. The maximum absolute atomic E-state index is 11.7. The van der Waals surface area contributed by atoms with Gasteiger partial charge in [0.25, 0.3) is 0 Å². The van der Waals surface area contributed by atoms with E-state index < -0.39 is 0 Å². The van der Waals surface area contributed by atoms with Crippen molar-refractivity contribution >= 4 is 16.7 Å². The van der Waals surface area contributed by atoms with Gasteiger partial charge in [0.1, 0.15) is 0 Å². The number of fused-ring (bicyclic) bond motifs is 1. The molecule has 0 heterocycles. The molecule has 0 spiro atoms. The second kappa shape index (κ2) is 4.97. The number of rotatable bonds is 3. The molecule has 0 aromatic heterocycles. The molecular weight excluding hydrogens is 214 g/mol. The Morgan fingerprint density at radius 2 is 1.88 bits per heavy atom. The van der Waals surface area contributed by atoms with Crippen molar-refractivity contribution in [2.45, 2.75) is 6.42 Å². The van der Waals surface area contributed by atoms with Crippen LogP contribution in [-0.2, 0) is 16.1 Å². The zero-order chi connectivity index (χ0) is 12.3. The van der Waals surface area contributed by atoms with Crippen molar-refractivity contribution in [1.29, 1.82) is 0 Å². The molecule has 17 heavy (non-hydrogen) atoms. The van der Waals surface area contributed by atoms with Gasteiger partial charge in [-0.3, -0.25) is 9.63 Å². The van der Waals surface area contributed by atoms with E-state index in [-0.39, 0.29) is 5.91 Å². The van der Waals surface area contributed by atoms with Crippen LogP contribution in [-0.4, -0.2) is 25.1 Å². The monoisotopic (exact) mass is 229 g/mol. The van der Waals surface area contributed by atoms with Gasteiger partial charge in [-0.1, -0.05) is 42.5 Å². The third-order valence-electron chi connectivity index (χ3n) is 2.79. The van der Waals surface area contributed by atoms with E-state index in [0.717, 1.165) is 10.9 Å². The van der Waals surface area contributed by atoms with Gasteiger partial charge in [-0.25, -0.2) is 5.06 Å². The fourth-order valence-corrected chi connectivity index (χ4v) is 1.74. The topological polar surface area (TPSA) is 29.5 Å². The van der Waals surface area contributed by atoms with Gasteiger partial charge in [-0.15, -0.1) is 0 Å². The molecular formula is C14H15NO2. The van der Waals surface area contributed by atoms with Crippen molar-refractivity contribution in [3.8, 4) is 0 Å². The maximum Gasteiger partial charge on any atom is 0.250 e. The third kappa shape index (κ3) is 2.63. The first-order valence-electron chi connectivity index (χ1n) is 5.49. The number of carbonyl (C=O) groups excluding carboxylic acids is 1. The third-order valence-corrected chi connectivity index (χ3v) is 2.79. The molecule has 0 unspecified atom stereocenters. The quantitative estimate of drug-likeness (QED) is 0.756. The number of hydroxylamine groups is 2. The lowest BCUT2D eigenvalue weighted by atomic mass is 10.1. The molecule has 88 valence electrons. The molecule has 0 aliphatic carbocycles. The number of hydrogen-bond donors (Lipinski definition) is 0. The van der Waals surface area contributed by atoms with Crippen LogP contribution in [0.15, 0.2) is 42.5 Å². The molecule has 0 saturated carbocycles. The summed E-state index contributed by atoms with van der Waals surface area (Å²) in [5.74, 6) is -0.0530. The van der Waals surface area contributed by atoms with Gasteiger partial charge in [0, 0.05) is 7.05 Å². The predicted molar refractivity (Wildman–Crippen MR) is 67.4 cm³/mol. The Morgan fingerprint density at radius 1 is 1.18 bits per heavy atom. The van der Waals surface area contributed by atoms with Crippen molar-refractivity contribution in [2.24, 2.45) is 0 Å². The number of likely N-dealkylation sites (N-methyl/N-ethyl adjacent to an activating group) is 1. The molecule has 3 heteroatoms. The van der Waals surface area contributed by atoms with Crippen molar-refractivity contribution in [3.05, 3.63) is 48.0 Å². The van der Waals surface area contributed by atoms with Crippen LogP contribution in [0.5, 0.6) is 0 Å². The molecule has 0 aliphatic heterocycles. The fraction of sp³-hybridized carbons (Fsp3) is 0.214. The predicted octanol–water partition coefficient (Wildman–Crippen LogP) is 2.40. The highest BCUT2D eigenvalue weighted by Crippen LogP contribution is 2.16. The highest BCUT2D eigenvalue weighted by Gasteiger charge is 2.08. The van der Waals surface area contributed by atoms with Crippen molar-refractivity contribution < 1.29 is 9.63 Å². The first-order valence-corrected chi connectivity index (χ1v) is 5.49. The summed E-state index contributed by atoms with van der Waals surface area (Å²) in [6.07, 6.45) is 0.356. The van der Waals surface area contributed by atoms with Gasteiger partial charge in [0.15, 0.2) is 0 Å². The Kier molecular flexibility index (Phi) is 3.40. The van der Waals surface area contributed by atoms with Gasteiger partial charge < -0.3 is 0 Å². The number of benzene rings is 2. The van der Waals surface area contributed by atoms with Crippen LogP contribution >= 0.6 is 0 Å². The summed E-state index contributed by atoms with van der Waals surface area (Å²) in [7, 11) is 3.10. The molecule has 0 aliphatic rings. The molecule has 2 aromatic carbocycles. The molecule has 2 rings (SSSR count). The zero-order valence-electron chi connectivity index (χ0n) is 10.0. The Labute approximate surface area is 101 Å². The second-order valence-corrected chi connectivity index (χ2v) is 3.93. The Hall–Kier alpha value is -1.87. The number of hydrogen-bond acceptors (Lipinski definition) is 2. The summed E-state index contributed by atoms with van der Waals surface area (Å²) in [6.45, 7) is 0. The van der Waals surface area contributed by atoms with Crippen LogP contribution in [0.2, 0.25) is 0 Å². The van der Waals surface area contributed by atoms with Crippen LogP contribution < -0.4 is 0 Å². The fourth-order valence-electron chi connectivity index (χ4n) is 1.74. The molecule has 2 aromatic rings. The minimum absolute atomic E-state index is 0.0530. The van der Waals surface area contributed by atoms with Crippen LogP contribution in [0.1, 0.15) is 5.56 Å². The largest absolute Gasteiger partial charge is 0.275 e. The van der Waals surface area contributed by atoms with Crippen LogP contribution in [0, 0.1) is 0 Å². The highest BCUT2D eigenvalue weighted by molar-refractivity contribution is 5.85. The van der Waals surface area contributed by atoms with Crippen molar-refractivity contribution in [3.63, 3.8) is 0 Å². The molecule has 3 nitrogen and oxygen atoms in total. The van der Waals surface area contributed by atoms with Gasteiger partial charge in [-0.05, 0) is 16.3 Å². The Morgan fingerprint density at radius 3 is 2.59 bits per heavy atom. The normalized spacial score (nSPS) is 10.5. The van der Waals surface area contributed by atoms with E-state index in [0.29, 0.717) is 6.42 Å². The minimum Gasteiger partial charge on any atom is -0.275 e. The number of carbonyl (C=O) groups is 1. The lowest BCUT2D eigenvalue weighted by Crippen LogP contribution is -2.26. The molecule has 0 atom stereocenters. The Bertz CT molecular complexity index is 536. The molecule has 0 N–H and O–H groups in total. The molecule has 0 radical (unpaired) electrons. The van der Waals surface area contributed by atoms with Gasteiger partial charge in [0.05, 0.1) is 13.5 Å². The lowest BCUT2D eigenvalue weighted by Gasteiger charge is -2.13. The lowest BCUT2D eigenvalue weighted by molar-refractivity contribution is -0.167. The first kappa shape index (κ1) is 11.6. The second-order valence-electron chi connectivity index (χ2n) is 3.93. The molecule has 0 fully saturated rings. The average Bonchev–Trinajstić information content (AvgIpc) is 2.37. The minimum atomic E-state index is -0.0530. The van der Waals surface area contributed by atoms with Crippen LogP contribution in [0.25, 0.3) is 10.8 Å². The Balaban J connectivity index is 2.22. The van der Waals surface area contributed by atoms with E-state index in [1.54, 1.807) is 7.05 Å². The SMILES string of the molecule is CON(C)C(=O)Cc1ccc2ccccc2c1. The summed E-state index contributed by atoms with van der Waals surface area (Å²) < 4.78 is 0. The van der Waals surface area contributed by atoms with Gasteiger partial charge in [0.2, 0.25) is 5.91 Å². The average molecular weight is 229 g/mol. The van der Waals surface area contributed by atoms with Crippen LogP contribution in [0.3, 0.4) is 0 Å². The summed E-state index contributed by atoms with van der Waals surface area (Å²) in [4.78, 5) is 16.5. The van der Waals surface area contributed by atoms with Crippen molar-refractivity contribution in [2.75, 3.05) is 14.2 Å². The smallest absolute Gasteiger partial charge is 0.250 e. The van der Waals surface area contributed by atoms with E-state index in [1.165, 1.54) is 17.6 Å². The number of nitrogens with zero attached hydrogens (tertiary/aromatic N) is 1. The van der Waals surface area contributed by atoms with E-state index >= 15 is 0 Å². The molecule has 0 bridgehead atoms. The van der Waals surface area contributed by atoms with E-state index in [4.69, 9.17) is 4.84 Å². The highest BCUT2D eigenvalue weighted by atomic mass is 16.7. The standard InChI is InChI=1S/C14H15NO2/c1-15(17-2)14(16)10-11-7-8-12-5-3-4-6-13(12)9-11/h3-9H,10H2,1-2H3. The van der Waals surface area contributed by atoms with Gasteiger partial charge >= 0.3 is 0 Å². The maximum atomic E-state index is 11.7. The summed E-state index contributed by atoms with van der Waals surface area (Å²) in [6, 6.07) is 14.2. The first-order chi connectivity index (χ1) is 8.20. The summed E-state index contributed by atoms with van der Waals surface area (Å²) >= 11 is 0. The zero-order valence-corrected chi connectivity index (χ0v) is 10.0. The summed E-state index contributed by atoms with van der Waals surface area (Å²) in [5, 5.41) is 3.58. The van der Waals surface area contributed by atoms with E-state index in [1.807, 2.05) is 36.4 Å². The van der Waals surface area contributed by atoms with Gasteiger partial charge in [-0.2, -0.15) is 0 Å². The van der Waals surface area contributed by atoms with Crippen LogP contribution in [0.4, 0.5) is 0 Å².